The summed E-state index contributed by atoms with van der Waals surface area (Å²) in [6.07, 6.45) is 0.396. The summed E-state index contributed by atoms with van der Waals surface area (Å²) >= 11 is 0. The third-order valence-electron chi connectivity index (χ3n) is 4.06. The van der Waals surface area contributed by atoms with E-state index in [1.807, 2.05) is 20.8 Å². The van der Waals surface area contributed by atoms with Crippen LogP contribution in [0.2, 0.25) is 0 Å². The van der Waals surface area contributed by atoms with Gasteiger partial charge >= 0.3 is 6.09 Å². The van der Waals surface area contributed by atoms with E-state index in [9.17, 15) is 13.6 Å². The number of nitrogens with zero attached hydrogens (tertiary/aromatic N) is 1. The molecule has 0 radical (unpaired) electrons. The summed E-state index contributed by atoms with van der Waals surface area (Å²) in [6, 6.07) is 0. The summed E-state index contributed by atoms with van der Waals surface area (Å²) in [5.74, 6) is -0.474. The molecule has 1 amide bonds. The maximum Gasteiger partial charge on any atom is 0.410 e. The third-order valence-corrected chi connectivity index (χ3v) is 4.06. The van der Waals surface area contributed by atoms with Crippen molar-refractivity contribution in [3.05, 3.63) is 0 Å². The predicted octanol–water partition coefficient (Wildman–Crippen LogP) is 3.68. The Morgan fingerprint density at radius 2 is 2.00 bits per heavy atom. The molecule has 3 nitrogen and oxygen atoms in total. The Morgan fingerprint density at radius 3 is 2.53 bits per heavy atom. The number of hydrogen-bond donors (Lipinski definition) is 0. The molecule has 5 heteroatoms. The van der Waals surface area contributed by atoms with Gasteiger partial charge in [0, 0.05) is 19.0 Å². The van der Waals surface area contributed by atoms with Crippen molar-refractivity contribution in [2.24, 2.45) is 11.3 Å². The molecule has 1 heterocycles. The van der Waals surface area contributed by atoms with Crippen LogP contribution in [0.15, 0.2) is 0 Å². The van der Waals surface area contributed by atoms with Crippen molar-refractivity contribution >= 4 is 6.09 Å². The van der Waals surface area contributed by atoms with Crippen LogP contribution in [0.1, 0.15) is 46.5 Å². The number of carbonyl (C=O) groups is 1. The zero-order valence-corrected chi connectivity index (χ0v) is 11.9. The van der Waals surface area contributed by atoms with Crippen molar-refractivity contribution in [1.29, 1.82) is 0 Å². The topological polar surface area (TPSA) is 29.5 Å². The number of hydrogen-bond acceptors (Lipinski definition) is 2. The predicted molar refractivity (Wildman–Crippen MR) is 68.2 cm³/mol. The lowest BCUT2D eigenvalue weighted by atomic mass is 9.58. The number of ether oxygens (including phenoxy) is 1. The molecule has 0 aromatic rings. The smallest absolute Gasteiger partial charge is 0.410 e. The van der Waals surface area contributed by atoms with E-state index in [1.54, 1.807) is 4.90 Å². The minimum Gasteiger partial charge on any atom is -0.444 e. The minimum atomic E-state index is -2.22. The average Bonchev–Trinajstić information content (AvgIpc) is 2.23. The molecule has 2 fully saturated rings. The number of alkyl halides is 2. The lowest BCUT2D eigenvalue weighted by molar-refractivity contribution is -0.0864. The van der Waals surface area contributed by atoms with Gasteiger partial charge in [-0.2, -0.15) is 0 Å². The van der Waals surface area contributed by atoms with Gasteiger partial charge in [-0.3, -0.25) is 0 Å². The molecule has 1 saturated heterocycles. The molecule has 2 aliphatic rings. The number of halogens is 2. The van der Waals surface area contributed by atoms with E-state index < -0.39 is 17.9 Å². The molecular formula is C14H23F2NO2. The number of carbonyl (C=O) groups excluding carboxylic acids is 1. The first-order chi connectivity index (χ1) is 8.71. The van der Waals surface area contributed by atoms with Gasteiger partial charge in [0.2, 0.25) is 6.43 Å². The number of likely N-dealkylation sites (tertiary alicyclic amines) is 1. The monoisotopic (exact) mass is 275 g/mol. The molecule has 0 aromatic carbocycles. The fourth-order valence-electron chi connectivity index (χ4n) is 3.25. The van der Waals surface area contributed by atoms with Crippen molar-refractivity contribution in [3.63, 3.8) is 0 Å². The van der Waals surface area contributed by atoms with Crippen LogP contribution < -0.4 is 0 Å². The maximum absolute atomic E-state index is 12.6. The van der Waals surface area contributed by atoms with Gasteiger partial charge in [-0.1, -0.05) is 0 Å². The Hall–Kier alpha value is -0.870. The maximum atomic E-state index is 12.6. The van der Waals surface area contributed by atoms with Crippen LogP contribution in [-0.4, -0.2) is 36.1 Å². The highest BCUT2D eigenvalue weighted by atomic mass is 19.3. The summed E-state index contributed by atoms with van der Waals surface area (Å²) < 4.78 is 30.5. The van der Waals surface area contributed by atoms with E-state index >= 15 is 0 Å². The Bertz CT molecular complexity index is 346. The van der Waals surface area contributed by atoms with Crippen LogP contribution >= 0.6 is 0 Å². The first kappa shape index (κ1) is 14.5. The molecule has 1 saturated carbocycles. The SMILES string of the molecule is CC(C)(C)OC(=O)N1CCCC2(CC(C(F)F)C2)C1. The second-order valence-electron chi connectivity index (χ2n) is 7.01. The van der Waals surface area contributed by atoms with Gasteiger partial charge < -0.3 is 9.64 Å². The highest BCUT2D eigenvalue weighted by Gasteiger charge is 2.50. The first-order valence-corrected chi connectivity index (χ1v) is 6.97. The molecular weight excluding hydrogens is 252 g/mol. The van der Waals surface area contributed by atoms with Crippen molar-refractivity contribution in [3.8, 4) is 0 Å². The van der Waals surface area contributed by atoms with Crippen LogP contribution in [0.3, 0.4) is 0 Å². The molecule has 0 atom stereocenters. The van der Waals surface area contributed by atoms with Crippen LogP contribution in [0.4, 0.5) is 13.6 Å². The Labute approximate surface area is 113 Å². The molecule has 110 valence electrons. The molecule has 0 unspecified atom stereocenters. The largest absolute Gasteiger partial charge is 0.444 e. The summed E-state index contributed by atoms with van der Waals surface area (Å²) in [6.45, 7) is 6.75. The Kier molecular flexibility index (Phi) is 3.76. The van der Waals surface area contributed by atoms with E-state index in [2.05, 4.69) is 0 Å². The molecule has 19 heavy (non-hydrogen) atoms. The van der Waals surface area contributed by atoms with E-state index in [0.717, 1.165) is 12.8 Å². The van der Waals surface area contributed by atoms with E-state index in [-0.39, 0.29) is 11.5 Å². The van der Waals surface area contributed by atoms with Crippen molar-refractivity contribution in [1.82, 2.24) is 4.90 Å². The quantitative estimate of drug-likeness (QED) is 0.730. The van der Waals surface area contributed by atoms with Gasteiger partial charge in [0.05, 0.1) is 0 Å². The van der Waals surface area contributed by atoms with Crippen LogP contribution in [0, 0.1) is 11.3 Å². The summed E-state index contributed by atoms with van der Waals surface area (Å²) in [7, 11) is 0. The van der Waals surface area contributed by atoms with Gasteiger partial charge in [0.25, 0.3) is 0 Å². The summed E-state index contributed by atoms with van der Waals surface area (Å²) in [5, 5.41) is 0. The lowest BCUT2D eigenvalue weighted by Gasteiger charge is -2.52. The van der Waals surface area contributed by atoms with Gasteiger partial charge in [0.15, 0.2) is 0 Å². The van der Waals surface area contributed by atoms with E-state index in [1.165, 1.54) is 0 Å². The van der Waals surface area contributed by atoms with Crippen molar-refractivity contribution in [2.75, 3.05) is 13.1 Å². The summed E-state index contributed by atoms with van der Waals surface area (Å²) in [4.78, 5) is 13.7. The van der Waals surface area contributed by atoms with Crippen LogP contribution in [0.5, 0.6) is 0 Å². The molecule has 1 aliphatic carbocycles. The minimum absolute atomic E-state index is 0.0732. The highest BCUT2D eigenvalue weighted by molar-refractivity contribution is 5.68. The van der Waals surface area contributed by atoms with Crippen LogP contribution in [0.25, 0.3) is 0 Å². The molecule has 0 aromatic heterocycles. The Balaban J connectivity index is 1.90. The molecule has 2 rings (SSSR count). The number of piperidine rings is 1. The van der Waals surface area contributed by atoms with Gasteiger partial charge in [-0.25, -0.2) is 13.6 Å². The Morgan fingerprint density at radius 1 is 1.37 bits per heavy atom. The number of amides is 1. The molecule has 1 aliphatic heterocycles. The van der Waals surface area contributed by atoms with E-state index in [0.29, 0.717) is 25.9 Å². The normalized spacial score (nSPS) is 31.5. The second-order valence-corrected chi connectivity index (χ2v) is 7.01. The van der Waals surface area contributed by atoms with Gasteiger partial charge in [-0.15, -0.1) is 0 Å². The standard InChI is InChI=1S/C14H23F2NO2/c1-13(2,3)19-12(18)17-6-4-5-14(9-17)7-10(8-14)11(15)16/h10-11H,4-9H2,1-3H3. The summed E-state index contributed by atoms with van der Waals surface area (Å²) in [5.41, 5.74) is -0.580. The molecule has 0 bridgehead atoms. The third kappa shape index (κ3) is 3.37. The highest BCUT2D eigenvalue weighted by Crippen LogP contribution is 2.53. The zero-order valence-electron chi connectivity index (χ0n) is 11.9. The fraction of sp³-hybridized carbons (Fsp3) is 0.929. The molecule has 1 spiro atoms. The van der Waals surface area contributed by atoms with Gasteiger partial charge in [-0.05, 0) is 51.9 Å². The zero-order chi connectivity index (χ0) is 14.3. The second kappa shape index (κ2) is 4.91. The first-order valence-electron chi connectivity index (χ1n) is 6.97. The van der Waals surface area contributed by atoms with Crippen molar-refractivity contribution in [2.45, 2.75) is 58.5 Å². The van der Waals surface area contributed by atoms with Gasteiger partial charge in [0.1, 0.15) is 5.60 Å². The fourth-order valence-corrected chi connectivity index (χ4v) is 3.25. The number of rotatable bonds is 1. The van der Waals surface area contributed by atoms with E-state index in [4.69, 9.17) is 4.74 Å². The average molecular weight is 275 g/mol. The lowest BCUT2D eigenvalue weighted by Crippen LogP contribution is -2.54. The van der Waals surface area contributed by atoms with Crippen LogP contribution in [-0.2, 0) is 4.74 Å². The van der Waals surface area contributed by atoms with Crippen molar-refractivity contribution < 1.29 is 18.3 Å². The molecule has 0 N–H and O–H groups in total.